The molecule has 2 N–H and O–H groups in total. The molecule has 1 rings (SSSR count). The number of aryl methyl sites for hydroxylation is 1. The maximum absolute atomic E-state index is 5.40. The highest BCUT2D eigenvalue weighted by Crippen LogP contribution is 2.04. The standard InChI is InChI=1S/C10H16N2.ClH/c11-7-3-1-2-4-10-5-8-12-9-6-10;/h5-6,8-9H,1-4,7,11H2;1H. The summed E-state index contributed by atoms with van der Waals surface area (Å²) in [6.07, 6.45) is 8.46. The van der Waals surface area contributed by atoms with Crippen molar-refractivity contribution in [3.8, 4) is 0 Å². The summed E-state index contributed by atoms with van der Waals surface area (Å²) in [7, 11) is 0. The zero-order valence-electron chi connectivity index (χ0n) is 7.78. The van der Waals surface area contributed by atoms with Crippen LogP contribution in [0.4, 0.5) is 0 Å². The molecule has 0 radical (unpaired) electrons. The molecule has 1 heterocycles. The summed E-state index contributed by atoms with van der Waals surface area (Å²) >= 11 is 0. The lowest BCUT2D eigenvalue weighted by Crippen LogP contribution is -1.98. The van der Waals surface area contributed by atoms with Gasteiger partial charge in [0.15, 0.2) is 0 Å². The maximum Gasteiger partial charge on any atom is 0.0270 e. The van der Waals surface area contributed by atoms with Crippen LogP contribution < -0.4 is 5.73 Å². The molecule has 0 saturated heterocycles. The molecule has 0 unspecified atom stereocenters. The average Bonchev–Trinajstić information content (AvgIpc) is 2.14. The van der Waals surface area contributed by atoms with Crippen LogP contribution >= 0.6 is 12.4 Å². The molecule has 0 bridgehead atoms. The number of unbranched alkanes of at least 4 members (excludes halogenated alkanes) is 2. The van der Waals surface area contributed by atoms with E-state index in [9.17, 15) is 0 Å². The molecule has 0 saturated carbocycles. The van der Waals surface area contributed by atoms with Crippen molar-refractivity contribution < 1.29 is 0 Å². The van der Waals surface area contributed by atoms with Crippen molar-refractivity contribution in [3.05, 3.63) is 30.1 Å². The van der Waals surface area contributed by atoms with E-state index >= 15 is 0 Å². The number of halogens is 1. The zero-order chi connectivity index (χ0) is 8.65. The SMILES string of the molecule is Cl.NCCCCCc1ccncc1. The first-order valence-electron chi connectivity index (χ1n) is 4.52. The van der Waals surface area contributed by atoms with Crippen LogP contribution in [0.5, 0.6) is 0 Å². The summed E-state index contributed by atoms with van der Waals surface area (Å²) < 4.78 is 0. The summed E-state index contributed by atoms with van der Waals surface area (Å²) in [5.41, 5.74) is 6.77. The Morgan fingerprint density at radius 2 is 1.77 bits per heavy atom. The van der Waals surface area contributed by atoms with Gasteiger partial charge in [0.1, 0.15) is 0 Å². The largest absolute Gasteiger partial charge is 0.330 e. The first-order chi connectivity index (χ1) is 5.93. The molecule has 13 heavy (non-hydrogen) atoms. The molecule has 0 fully saturated rings. The van der Waals surface area contributed by atoms with Crippen LogP contribution in [0.15, 0.2) is 24.5 Å². The van der Waals surface area contributed by atoms with Crippen LogP contribution in [-0.2, 0) is 6.42 Å². The number of aromatic nitrogens is 1. The lowest BCUT2D eigenvalue weighted by molar-refractivity contribution is 0.686. The number of rotatable bonds is 5. The van der Waals surface area contributed by atoms with Gasteiger partial charge in [-0.1, -0.05) is 6.42 Å². The first-order valence-corrected chi connectivity index (χ1v) is 4.52. The second kappa shape index (κ2) is 8.02. The molecule has 0 amide bonds. The quantitative estimate of drug-likeness (QED) is 0.740. The fourth-order valence-corrected chi connectivity index (χ4v) is 1.20. The summed E-state index contributed by atoms with van der Waals surface area (Å²) in [4.78, 5) is 3.97. The number of nitrogens with two attached hydrogens (primary N) is 1. The molecule has 0 aromatic carbocycles. The Bertz CT molecular complexity index is 201. The van der Waals surface area contributed by atoms with Crippen LogP contribution in [0.3, 0.4) is 0 Å². The smallest absolute Gasteiger partial charge is 0.0270 e. The summed E-state index contributed by atoms with van der Waals surface area (Å²) in [5, 5.41) is 0. The van der Waals surface area contributed by atoms with E-state index in [4.69, 9.17) is 5.73 Å². The van der Waals surface area contributed by atoms with E-state index in [0.29, 0.717) is 0 Å². The van der Waals surface area contributed by atoms with Crippen LogP contribution in [0.25, 0.3) is 0 Å². The van der Waals surface area contributed by atoms with Crippen molar-refractivity contribution in [2.45, 2.75) is 25.7 Å². The van der Waals surface area contributed by atoms with Crippen molar-refractivity contribution >= 4 is 12.4 Å². The van der Waals surface area contributed by atoms with Gasteiger partial charge >= 0.3 is 0 Å². The van der Waals surface area contributed by atoms with E-state index in [-0.39, 0.29) is 12.4 Å². The second-order valence-corrected chi connectivity index (χ2v) is 2.95. The summed E-state index contributed by atoms with van der Waals surface area (Å²) in [6.45, 7) is 0.816. The Hall–Kier alpha value is -0.600. The van der Waals surface area contributed by atoms with Gasteiger partial charge in [0.05, 0.1) is 0 Å². The third-order valence-corrected chi connectivity index (χ3v) is 1.92. The molecule has 0 aliphatic heterocycles. The van der Waals surface area contributed by atoms with Crippen molar-refractivity contribution in [1.29, 1.82) is 0 Å². The molecular weight excluding hydrogens is 184 g/mol. The van der Waals surface area contributed by atoms with Gasteiger partial charge < -0.3 is 5.73 Å². The minimum absolute atomic E-state index is 0. The third kappa shape index (κ3) is 5.61. The molecule has 74 valence electrons. The number of pyridine rings is 1. The predicted molar refractivity (Wildman–Crippen MR) is 58.1 cm³/mol. The van der Waals surface area contributed by atoms with E-state index < -0.39 is 0 Å². The summed E-state index contributed by atoms with van der Waals surface area (Å²) in [6, 6.07) is 4.14. The molecule has 0 aliphatic carbocycles. The van der Waals surface area contributed by atoms with Crippen molar-refractivity contribution in [3.63, 3.8) is 0 Å². The van der Waals surface area contributed by atoms with E-state index in [1.807, 2.05) is 12.4 Å². The highest BCUT2D eigenvalue weighted by molar-refractivity contribution is 5.85. The number of nitrogens with zero attached hydrogens (tertiary/aromatic N) is 1. The monoisotopic (exact) mass is 200 g/mol. The highest BCUT2D eigenvalue weighted by Gasteiger charge is 1.91. The molecule has 0 spiro atoms. The molecule has 0 atom stereocenters. The van der Waals surface area contributed by atoms with Gasteiger partial charge in [0, 0.05) is 12.4 Å². The Balaban J connectivity index is 0.00000144. The normalized spacial score (nSPS) is 9.31. The molecule has 2 nitrogen and oxygen atoms in total. The molecule has 1 aromatic rings. The van der Waals surface area contributed by atoms with E-state index in [0.717, 1.165) is 19.4 Å². The Kier molecular flexibility index (Phi) is 7.65. The van der Waals surface area contributed by atoms with E-state index in [2.05, 4.69) is 17.1 Å². The third-order valence-electron chi connectivity index (χ3n) is 1.92. The van der Waals surface area contributed by atoms with Gasteiger partial charge in [0.25, 0.3) is 0 Å². The Morgan fingerprint density at radius 1 is 1.08 bits per heavy atom. The minimum Gasteiger partial charge on any atom is -0.330 e. The number of hydrogen-bond acceptors (Lipinski definition) is 2. The van der Waals surface area contributed by atoms with Crippen LogP contribution in [0.1, 0.15) is 24.8 Å². The highest BCUT2D eigenvalue weighted by atomic mass is 35.5. The minimum atomic E-state index is 0. The van der Waals surface area contributed by atoms with Crippen molar-refractivity contribution in [1.82, 2.24) is 4.98 Å². The lowest BCUT2D eigenvalue weighted by Gasteiger charge is -1.99. The fraction of sp³-hybridized carbons (Fsp3) is 0.500. The van der Waals surface area contributed by atoms with Crippen LogP contribution in [0, 0.1) is 0 Å². The second-order valence-electron chi connectivity index (χ2n) is 2.95. The fourth-order valence-electron chi connectivity index (χ4n) is 1.20. The Morgan fingerprint density at radius 3 is 2.38 bits per heavy atom. The predicted octanol–water partition coefficient (Wildman–Crippen LogP) is 2.17. The van der Waals surface area contributed by atoms with E-state index in [1.165, 1.54) is 18.4 Å². The average molecular weight is 201 g/mol. The lowest BCUT2D eigenvalue weighted by atomic mass is 10.1. The first kappa shape index (κ1) is 12.4. The molecule has 1 aromatic heterocycles. The van der Waals surface area contributed by atoms with E-state index in [1.54, 1.807) is 0 Å². The van der Waals surface area contributed by atoms with Crippen LogP contribution in [0.2, 0.25) is 0 Å². The molecule has 0 aliphatic rings. The molecular formula is C10H17ClN2. The topological polar surface area (TPSA) is 38.9 Å². The van der Waals surface area contributed by atoms with Crippen LogP contribution in [-0.4, -0.2) is 11.5 Å². The van der Waals surface area contributed by atoms with Gasteiger partial charge in [-0.25, -0.2) is 0 Å². The maximum atomic E-state index is 5.40. The summed E-state index contributed by atoms with van der Waals surface area (Å²) in [5.74, 6) is 0. The van der Waals surface area contributed by atoms with Crippen molar-refractivity contribution in [2.24, 2.45) is 5.73 Å². The Labute approximate surface area is 86.0 Å². The zero-order valence-corrected chi connectivity index (χ0v) is 8.59. The van der Waals surface area contributed by atoms with Gasteiger partial charge in [0.2, 0.25) is 0 Å². The molecule has 3 heteroatoms. The van der Waals surface area contributed by atoms with Gasteiger partial charge in [-0.15, -0.1) is 12.4 Å². The van der Waals surface area contributed by atoms with Gasteiger partial charge in [-0.05, 0) is 43.5 Å². The van der Waals surface area contributed by atoms with Gasteiger partial charge in [-0.3, -0.25) is 4.98 Å². The number of hydrogen-bond donors (Lipinski definition) is 1. The van der Waals surface area contributed by atoms with Crippen molar-refractivity contribution in [2.75, 3.05) is 6.54 Å². The van der Waals surface area contributed by atoms with Gasteiger partial charge in [-0.2, -0.15) is 0 Å².